The molecular formula is C29H35Cl2F3N4O3. The van der Waals surface area contributed by atoms with Crippen molar-refractivity contribution in [3.05, 3.63) is 57.1 Å². The highest BCUT2D eigenvalue weighted by Gasteiger charge is 2.38. The maximum absolute atomic E-state index is 13.8. The van der Waals surface area contributed by atoms with Crippen LogP contribution in [0.25, 0.3) is 0 Å². The molecule has 1 N–H and O–H groups in total. The van der Waals surface area contributed by atoms with Crippen LogP contribution in [0.3, 0.4) is 0 Å². The number of halogens is 5. The summed E-state index contributed by atoms with van der Waals surface area (Å²) in [5, 5.41) is 3.86. The minimum atomic E-state index is -4.50. The van der Waals surface area contributed by atoms with Gasteiger partial charge in [0.15, 0.2) is 0 Å². The van der Waals surface area contributed by atoms with Gasteiger partial charge in [0.25, 0.3) is 0 Å². The zero-order chi connectivity index (χ0) is 29.7. The first-order valence-electron chi connectivity index (χ1n) is 13.8. The second-order valence-electron chi connectivity index (χ2n) is 10.2. The van der Waals surface area contributed by atoms with E-state index in [2.05, 4.69) is 5.32 Å². The number of carbonyl (C=O) groups excluding carboxylic acids is 2. The number of alkyl halides is 3. The maximum atomic E-state index is 13.8. The molecule has 2 heterocycles. The van der Waals surface area contributed by atoms with Gasteiger partial charge in [0, 0.05) is 75.0 Å². The van der Waals surface area contributed by atoms with Crippen LogP contribution >= 0.6 is 23.2 Å². The molecule has 0 bridgehead atoms. The van der Waals surface area contributed by atoms with Crippen LogP contribution in [0.2, 0.25) is 10.0 Å². The van der Waals surface area contributed by atoms with Gasteiger partial charge in [0.2, 0.25) is 11.8 Å². The molecule has 7 nitrogen and oxygen atoms in total. The van der Waals surface area contributed by atoms with Crippen molar-refractivity contribution >= 4 is 46.4 Å². The number of piperazine rings is 1. The van der Waals surface area contributed by atoms with Gasteiger partial charge in [-0.2, -0.15) is 13.2 Å². The third-order valence-corrected chi connectivity index (χ3v) is 8.27. The third kappa shape index (κ3) is 7.21. The molecule has 1 atom stereocenters. The van der Waals surface area contributed by atoms with Crippen LogP contribution in [-0.2, 0) is 33.3 Å². The standard InChI is InChI=1S/C29H35Cl2F3N4O3/c1-3-21-24(9-8-22(29(32,33)34)27(21)35-10-16-41-2)36-12-14-37(15-13-36)28(40)25(38-11-4-5-26(38)39)17-19-6-7-20(30)18-23(19)31/h6-9,18,25,35H,3-5,10-17H2,1-2H3. The number of nitrogens with one attached hydrogen (secondary N) is 1. The number of nitrogens with zero attached hydrogens (tertiary/aromatic N) is 3. The topological polar surface area (TPSA) is 65.1 Å². The maximum Gasteiger partial charge on any atom is 0.418 e. The Morgan fingerprint density at radius 3 is 2.41 bits per heavy atom. The average molecular weight is 616 g/mol. The van der Waals surface area contributed by atoms with Gasteiger partial charge in [-0.1, -0.05) is 36.2 Å². The molecule has 12 heteroatoms. The van der Waals surface area contributed by atoms with E-state index in [-0.39, 0.29) is 37.1 Å². The molecule has 2 aliphatic heterocycles. The number of rotatable bonds is 10. The van der Waals surface area contributed by atoms with Crippen LogP contribution in [-0.4, -0.2) is 80.6 Å². The number of likely N-dealkylation sites (tertiary alicyclic amines) is 1. The Hall–Kier alpha value is -2.69. The van der Waals surface area contributed by atoms with E-state index in [0.29, 0.717) is 73.3 Å². The molecule has 1 unspecified atom stereocenters. The Bertz CT molecular complexity index is 1250. The summed E-state index contributed by atoms with van der Waals surface area (Å²) in [5.41, 5.74) is 1.39. The van der Waals surface area contributed by atoms with Crippen molar-refractivity contribution in [2.75, 3.05) is 63.2 Å². The fraction of sp³-hybridized carbons (Fsp3) is 0.517. The van der Waals surface area contributed by atoms with Crippen molar-refractivity contribution < 1.29 is 27.5 Å². The smallest absolute Gasteiger partial charge is 0.383 e. The summed E-state index contributed by atoms with van der Waals surface area (Å²) >= 11 is 12.5. The van der Waals surface area contributed by atoms with Crippen molar-refractivity contribution in [1.29, 1.82) is 0 Å². The van der Waals surface area contributed by atoms with Gasteiger partial charge in [-0.15, -0.1) is 0 Å². The van der Waals surface area contributed by atoms with Gasteiger partial charge in [-0.05, 0) is 48.2 Å². The molecule has 0 aromatic heterocycles. The Balaban J connectivity index is 1.53. The molecule has 2 amide bonds. The van der Waals surface area contributed by atoms with Gasteiger partial charge < -0.3 is 24.8 Å². The number of hydrogen-bond donors (Lipinski definition) is 1. The quantitative estimate of drug-likeness (QED) is 0.357. The molecule has 2 saturated heterocycles. The van der Waals surface area contributed by atoms with Crippen LogP contribution < -0.4 is 10.2 Å². The zero-order valence-corrected chi connectivity index (χ0v) is 24.7. The molecular weight excluding hydrogens is 580 g/mol. The lowest BCUT2D eigenvalue weighted by atomic mass is 10.00. The summed E-state index contributed by atoms with van der Waals surface area (Å²) in [6, 6.07) is 7.06. The summed E-state index contributed by atoms with van der Waals surface area (Å²) in [4.78, 5) is 31.9. The summed E-state index contributed by atoms with van der Waals surface area (Å²) in [5.74, 6) is -0.214. The van der Waals surface area contributed by atoms with Crippen LogP contribution in [0.5, 0.6) is 0 Å². The summed E-state index contributed by atoms with van der Waals surface area (Å²) < 4.78 is 46.6. The Labute approximate surface area is 248 Å². The molecule has 2 aromatic carbocycles. The molecule has 4 rings (SSSR count). The van der Waals surface area contributed by atoms with E-state index >= 15 is 0 Å². The predicted octanol–water partition coefficient (Wildman–Crippen LogP) is 5.52. The van der Waals surface area contributed by atoms with Crippen molar-refractivity contribution in [1.82, 2.24) is 9.80 Å². The number of amides is 2. The Kier molecular flexibility index (Phi) is 10.3. The highest BCUT2D eigenvalue weighted by Crippen LogP contribution is 2.41. The molecule has 224 valence electrons. The summed E-state index contributed by atoms with van der Waals surface area (Å²) in [6.45, 7) is 4.50. The number of ether oxygens (including phenoxy) is 1. The first-order valence-corrected chi connectivity index (χ1v) is 14.5. The van der Waals surface area contributed by atoms with Crippen LogP contribution in [0.4, 0.5) is 24.5 Å². The van der Waals surface area contributed by atoms with Crippen molar-refractivity contribution in [2.24, 2.45) is 0 Å². The molecule has 0 spiro atoms. The van der Waals surface area contributed by atoms with Crippen LogP contribution in [0, 0.1) is 0 Å². The van der Waals surface area contributed by atoms with E-state index in [0.717, 1.165) is 11.6 Å². The fourth-order valence-electron chi connectivity index (χ4n) is 5.61. The van der Waals surface area contributed by atoms with Gasteiger partial charge >= 0.3 is 6.18 Å². The van der Waals surface area contributed by atoms with Gasteiger partial charge in [-0.25, -0.2) is 0 Å². The molecule has 2 aromatic rings. The summed E-state index contributed by atoms with van der Waals surface area (Å²) in [6.07, 6.45) is -2.73. The van der Waals surface area contributed by atoms with Gasteiger partial charge in [0.1, 0.15) is 6.04 Å². The molecule has 0 aliphatic carbocycles. The second kappa shape index (κ2) is 13.5. The number of anilines is 2. The summed E-state index contributed by atoms with van der Waals surface area (Å²) in [7, 11) is 1.50. The van der Waals surface area contributed by atoms with Crippen LogP contribution in [0.15, 0.2) is 30.3 Å². The average Bonchev–Trinajstić information content (AvgIpc) is 3.37. The van der Waals surface area contributed by atoms with E-state index in [1.165, 1.54) is 13.2 Å². The number of carbonyl (C=O) groups is 2. The Morgan fingerprint density at radius 1 is 1.10 bits per heavy atom. The molecule has 0 saturated carbocycles. The molecule has 2 fully saturated rings. The highest BCUT2D eigenvalue weighted by molar-refractivity contribution is 6.35. The monoisotopic (exact) mass is 614 g/mol. The molecule has 41 heavy (non-hydrogen) atoms. The van der Waals surface area contributed by atoms with E-state index in [9.17, 15) is 22.8 Å². The number of benzene rings is 2. The predicted molar refractivity (Wildman–Crippen MR) is 155 cm³/mol. The lowest BCUT2D eigenvalue weighted by molar-refractivity contribution is -0.143. The molecule has 2 aliphatic rings. The highest BCUT2D eigenvalue weighted by atomic mass is 35.5. The largest absolute Gasteiger partial charge is 0.418 e. The van der Waals surface area contributed by atoms with E-state index in [4.69, 9.17) is 27.9 Å². The van der Waals surface area contributed by atoms with E-state index < -0.39 is 17.8 Å². The normalized spacial score (nSPS) is 16.9. The van der Waals surface area contributed by atoms with Crippen molar-refractivity contribution in [3.8, 4) is 0 Å². The number of hydrogen-bond acceptors (Lipinski definition) is 5. The van der Waals surface area contributed by atoms with E-state index in [1.807, 2.05) is 11.8 Å². The first-order chi connectivity index (χ1) is 19.5. The molecule has 0 radical (unpaired) electrons. The van der Waals surface area contributed by atoms with E-state index in [1.54, 1.807) is 28.0 Å². The zero-order valence-electron chi connectivity index (χ0n) is 23.2. The SMILES string of the molecule is CCc1c(N2CCN(C(=O)C(Cc3ccc(Cl)cc3Cl)N3CCCC3=O)CC2)ccc(C(F)(F)F)c1NCCOC. The van der Waals surface area contributed by atoms with Gasteiger partial charge in [-0.3, -0.25) is 9.59 Å². The number of methoxy groups -OCH3 is 1. The fourth-order valence-corrected chi connectivity index (χ4v) is 6.10. The second-order valence-corrected chi connectivity index (χ2v) is 11.1. The Morgan fingerprint density at radius 2 is 1.83 bits per heavy atom. The minimum Gasteiger partial charge on any atom is -0.383 e. The third-order valence-electron chi connectivity index (χ3n) is 7.69. The lowest BCUT2D eigenvalue weighted by Crippen LogP contribution is -2.56. The lowest BCUT2D eigenvalue weighted by Gasteiger charge is -2.40. The van der Waals surface area contributed by atoms with Crippen molar-refractivity contribution in [2.45, 2.75) is 44.8 Å². The van der Waals surface area contributed by atoms with Crippen LogP contribution in [0.1, 0.15) is 36.5 Å². The van der Waals surface area contributed by atoms with Crippen molar-refractivity contribution in [3.63, 3.8) is 0 Å². The van der Waals surface area contributed by atoms with Gasteiger partial charge in [0.05, 0.1) is 17.9 Å². The first kappa shape index (κ1) is 31.3. The minimum absolute atomic E-state index is 0.0575.